The number of aryl methyl sites for hydroxylation is 1. The fourth-order valence-corrected chi connectivity index (χ4v) is 2.67. The van der Waals surface area contributed by atoms with Crippen molar-refractivity contribution in [2.45, 2.75) is 38.6 Å². The van der Waals surface area contributed by atoms with Gasteiger partial charge < -0.3 is 4.57 Å². The summed E-state index contributed by atoms with van der Waals surface area (Å²) in [6.45, 7) is 5.53. The molecule has 0 radical (unpaired) electrons. The molecular weight excluding hydrogens is 210 g/mol. The van der Waals surface area contributed by atoms with E-state index in [1.165, 1.54) is 29.5 Å². The van der Waals surface area contributed by atoms with Crippen LogP contribution >= 0.6 is 0 Å². The van der Waals surface area contributed by atoms with Crippen LogP contribution in [0.3, 0.4) is 0 Å². The molecule has 0 spiro atoms. The zero-order valence-electron chi connectivity index (χ0n) is 10.3. The fraction of sp³-hybridized carbons (Fsp3) is 0.429. The molecule has 0 aliphatic heterocycles. The first kappa shape index (κ1) is 10.5. The molecule has 0 unspecified atom stereocenters. The van der Waals surface area contributed by atoms with Gasteiger partial charge in [-0.1, -0.05) is 32.0 Å². The Labute approximate surface area is 101 Å². The second kappa shape index (κ2) is 3.69. The molecule has 0 saturated heterocycles. The van der Waals surface area contributed by atoms with Crippen LogP contribution in [0, 0.1) is 0 Å². The molecule has 1 aromatic heterocycles. The van der Waals surface area contributed by atoms with E-state index in [1.807, 2.05) is 4.57 Å². The van der Waals surface area contributed by atoms with Gasteiger partial charge in [-0.25, -0.2) is 0 Å². The molecule has 0 atom stereocenters. The number of hydrogen-bond acceptors (Lipinski definition) is 2. The minimum atomic E-state index is 0.332. The summed E-state index contributed by atoms with van der Waals surface area (Å²) in [5.41, 5.74) is 4.70. The smallest absolute Gasteiger partial charge is 0.119 e. The zero-order valence-corrected chi connectivity index (χ0v) is 10.3. The Hall–Kier alpha value is -1.64. The van der Waals surface area contributed by atoms with Gasteiger partial charge in [-0.15, -0.1) is 10.2 Å². The number of aromatic nitrogens is 3. The SMILES string of the molecule is CC1(C)CCc2ccc(Cn3cnnc3)cc21. The normalized spacial score (nSPS) is 17.1. The number of rotatable bonds is 2. The van der Waals surface area contributed by atoms with E-state index in [4.69, 9.17) is 0 Å². The minimum Gasteiger partial charge on any atom is -0.316 e. The van der Waals surface area contributed by atoms with Gasteiger partial charge in [0, 0.05) is 0 Å². The Balaban J connectivity index is 1.93. The maximum Gasteiger partial charge on any atom is 0.119 e. The Morgan fingerprint density at radius 2 is 2.00 bits per heavy atom. The third-order valence-electron chi connectivity index (χ3n) is 3.75. The average Bonchev–Trinajstić information content (AvgIpc) is 2.89. The highest BCUT2D eigenvalue weighted by Crippen LogP contribution is 2.38. The monoisotopic (exact) mass is 227 g/mol. The van der Waals surface area contributed by atoms with Crippen molar-refractivity contribution in [1.82, 2.24) is 14.8 Å². The molecule has 88 valence electrons. The molecule has 3 rings (SSSR count). The van der Waals surface area contributed by atoms with Crippen molar-refractivity contribution in [3.8, 4) is 0 Å². The maximum absolute atomic E-state index is 3.83. The van der Waals surface area contributed by atoms with E-state index < -0.39 is 0 Å². The molecule has 1 aliphatic rings. The molecule has 3 nitrogen and oxygen atoms in total. The molecule has 1 aromatic carbocycles. The van der Waals surface area contributed by atoms with Crippen LogP contribution in [0.25, 0.3) is 0 Å². The van der Waals surface area contributed by atoms with Crippen LogP contribution in [0.5, 0.6) is 0 Å². The lowest BCUT2D eigenvalue weighted by molar-refractivity contribution is 0.522. The summed E-state index contributed by atoms with van der Waals surface area (Å²) < 4.78 is 2.00. The highest BCUT2D eigenvalue weighted by atomic mass is 15.2. The summed E-state index contributed by atoms with van der Waals surface area (Å²) in [6.07, 6.45) is 6.00. The van der Waals surface area contributed by atoms with Crippen LogP contribution in [0.2, 0.25) is 0 Å². The second-order valence-corrected chi connectivity index (χ2v) is 5.51. The van der Waals surface area contributed by atoms with Crippen LogP contribution in [0.1, 0.15) is 37.0 Å². The summed E-state index contributed by atoms with van der Waals surface area (Å²) in [7, 11) is 0. The van der Waals surface area contributed by atoms with Crippen LogP contribution in [0.15, 0.2) is 30.9 Å². The molecule has 0 amide bonds. The first-order chi connectivity index (χ1) is 8.15. The van der Waals surface area contributed by atoms with Crippen molar-refractivity contribution >= 4 is 0 Å². The fourth-order valence-electron chi connectivity index (χ4n) is 2.67. The van der Waals surface area contributed by atoms with E-state index in [9.17, 15) is 0 Å². The summed E-state index contributed by atoms with van der Waals surface area (Å²) in [4.78, 5) is 0. The predicted molar refractivity (Wildman–Crippen MR) is 66.9 cm³/mol. The van der Waals surface area contributed by atoms with E-state index >= 15 is 0 Å². The van der Waals surface area contributed by atoms with E-state index in [0.29, 0.717) is 5.41 Å². The molecule has 17 heavy (non-hydrogen) atoms. The topological polar surface area (TPSA) is 30.7 Å². The third kappa shape index (κ3) is 1.86. The molecule has 3 heteroatoms. The van der Waals surface area contributed by atoms with Crippen LogP contribution in [0.4, 0.5) is 0 Å². The molecular formula is C14H17N3. The van der Waals surface area contributed by atoms with Gasteiger partial charge in [0.15, 0.2) is 0 Å². The predicted octanol–water partition coefficient (Wildman–Crippen LogP) is 2.55. The number of benzene rings is 1. The average molecular weight is 227 g/mol. The van der Waals surface area contributed by atoms with Crippen molar-refractivity contribution in [2.24, 2.45) is 0 Å². The highest BCUT2D eigenvalue weighted by Gasteiger charge is 2.29. The number of fused-ring (bicyclic) bond motifs is 1. The van der Waals surface area contributed by atoms with Crippen molar-refractivity contribution in [3.05, 3.63) is 47.5 Å². The lowest BCUT2D eigenvalue weighted by Gasteiger charge is -2.19. The Kier molecular flexibility index (Phi) is 2.28. The first-order valence-electron chi connectivity index (χ1n) is 6.10. The van der Waals surface area contributed by atoms with Crippen molar-refractivity contribution in [2.75, 3.05) is 0 Å². The number of nitrogens with zero attached hydrogens (tertiary/aromatic N) is 3. The van der Waals surface area contributed by atoms with Crippen molar-refractivity contribution in [3.63, 3.8) is 0 Å². The van der Waals surface area contributed by atoms with Gasteiger partial charge >= 0.3 is 0 Å². The lowest BCUT2D eigenvalue weighted by Crippen LogP contribution is -2.12. The molecule has 2 aromatic rings. The summed E-state index contributed by atoms with van der Waals surface area (Å²) in [5, 5.41) is 7.66. The molecule has 1 heterocycles. The van der Waals surface area contributed by atoms with Gasteiger partial charge in [-0.05, 0) is 34.9 Å². The molecule has 0 saturated carbocycles. The van der Waals surface area contributed by atoms with Gasteiger partial charge in [-0.2, -0.15) is 0 Å². The quantitative estimate of drug-likeness (QED) is 0.789. The maximum atomic E-state index is 3.83. The summed E-state index contributed by atoms with van der Waals surface area (Å²) in [6, 6.07) is 6.85. The van der Waals surface area contributed by atoms with Gasteiger partial charge in [0.1, 0.15) is 12.7 Å². The van der Waals surface area contributed by atoms with E-state index in [2.05, 4.69) is 42.2 Å². The Morgan fingerprint density at radius 3 is 2.76 bits per heavy atom. The second-order valence-electron chi connectivity index (χ2n) is 5.51. The third-order valence-corrected chi connectivity index (χ3v) is 3.75. The number of hydrogen-bond donors (Lipinski definition) is 0. The first-order valence-corrected chi connectivity index (χ1v) is 6.10. The van der Waals surface area contributed by atoms with Gasteiger partial charge in [0.25, 0.3) is 0 Å². The van der Waals surface area contributed by atoms with Gasteiger partial charge in [0.05, 0.1) is 6.54 Å². The van der Waals surface area contributed by atoms with Crippen LogP contribution in [-0.2, 0) is 18.4 Å². The Bertz CT molecular complexity index is 526. The highest BCUT2D eigenvalue weighted by molar-refractivity contribution is 5.41. The van der Waals surface area contributed by atoms with E-state index in [1.54, 1.807) is 12.7 Å². The van der Waals surface area contributed by atoms with Crippen molar-refractivity contribution < 1.29 is 0 Å². The van der Waals surface area contributed by atoms with Gasteiger partial charge in [0.2, 0.25) is 0 Å². The zero-order chi connectivity index (χ0) is 11.9. The summed E-state index contributed by atoms with van der Waals surface area (Å²) in [5.74, 6) is 0. The standard InChI is InChI=1S/C14H17N3/c1-14(2)6-5-12-4-3-11(7-13(12)14)8-17-9-15-16-10-17/h3-4,7,9-10H,5-6,8H2,1-2H3. The van der Waals surface area contributed by atoms with Crippen molar-refractivity contribution in [1.29, 1.82) is 0 Å². The molecule has 1 aliphatic carbocycles. The van der Waals surface area contributed by atoms with Gasteiger partial charge in [-0.3, -0.25) is 0 Å². The lowest BCUT2D eigenvalue weighted by atomic mass is 9.86. The van der Waals surface area contributed by atoms with Crippen LogP contribution < -0.4 is 0 Å². The molecule has 0 N–H and O–H groups in total. The largest absolute Gasteiger partial charge is 0.316 e. The van der Waals surface area contributed by atoms with E-state index in [0.717, 1.165) is 6.54 Å². The Morgan fingerprint density at radius 1 is 1.24 bits per heavy atom. The minimum absolute atomic E-state index is 0.332. The molecule has 0 fully saturated rings. The molecule has 0 bridgehead atoms. The van der Waals surface area contributed by atoms with Crippen LogP contribution in [-0.4, -0.2) is 14.8 Å². The summed E-state index contributed by atoms with van der Waals surface area (Å²) >= 11 is 0. The van der Waals surface area contributed by atoms with E-state index in [-0.39, 0.29) is 0 Å².